The predicted octanol–water partition coefficient (Wildman–Crippen LogP) is 4.00. The number of benzene rings is 2. The first kappa shape index (κ1) is 26.0. The van der Waals surface area contributed by atoms with E-state index in [1.807, 2.05) is 45.9 Å². The van der Waals surface area contributed by atoms with Crippen molar-refractivity contribution in [3.05, 3.63) is 52.1 Å². The number of piperidine rings is 1. The molecule has 34 heavy (non-hydrogen) atoms. The molecule has 7 nitrogen and oxygen atoms in total. The summed E-state index contributed by atoms with van der Waals surface area (Å²) >= 11 is 0. The van der Waals surface area contributed by atoms with Gasteiger partial charge in [0.15, 0.2) is 0 Å². The van der Waals surface area contributed by atoms with E-state index in [1.54, 1.807) is 32.2 Å². The summed E-state index contributed by atoms with van der Waals surface area (Å²) in [6, 6.07) is 7.57. The summed E-state index contributed by atoms with van der Waals surface area (Å²) in [5.74, 6) is 1.17. The number of hydrogen-bond donors (Lipinski definition) is 0. The molecule has 2 aromatic carbocycles. The average Bonchev–Trinajstić information content (AvgIpc) is 2.82. The van der Waals surface area contributed by atoms with E-state index >= 15 is 0 Å². The van der Waals surface area contributed by atoms with Gasteiger partial charge in [0.1, 0.15) is 11.5 Å². The van der Waals surface area contributed by atoms with E-state index in [2.05, 4.69) is 0 Å². The fourth-order valence-electron chi connectivity index (χ4n) is 4.67. The van der Waals surface area contributed by atoms with E-state index in [-0.39, 0.29) is 11.8 Å². The molecule has 1 aliphatic rings. The molecule has 0 N–H and O–H groups in total. The molecule has 0 radical (unpaired) electrons. The first-order chi connectivity index (χ1) is 16.0. The molecule has 1 saturated heterocycles. The number of nitrogens with zero attached hydrogens (tertiary/aromatic N) is 2. The summed E-state index contributed by atoms with van der Waals surface area (Å²) in [7, 11) is 1.34. The number of amides is 1. The molecule has 2 aromatic rings. The molecule has 186 valence electrons. The molecule has 8 heteroatoms. The standard InChI is InChI=1S/C26H36N2O5S/c1-17-14-18(2)20(4)25(19(17)3)34(30,31)28-12-10-21(11-13-28)26(29)27(5)16-22-8-9-23(32-6)15-24(22)33-7/h8-9,14-15,21H,10-13,16H2,1-7H3. The Hall–Kier alpha value is -2.58. The van der Waals surface area contributed by atoms with Crippen molar-refractivity contribution in [2.75, 3.05) is 34.4 Å². The molecule has 1 aliphatic heterocycles. The molecule has 0 atom stereocenters. The Morgan fingerprint density at radius 2 is 1.59 bits per heavy atom. The van der Waals surface area contributed by atoms with Crippen molar-refractivity contribution in [3.8, 4) is 11.5 Å². The van der Waals surface area contributed by atoms with Gasteiger partial charge in [-0.1, -0.05) is 6.07 Å². The zero-order chi connectivity index (χ0) is 25.2. The summed E-state index contributed by atoms with van der Waals surface area (Å²) in [5.41, 5.74) is 4.44. The van der Waals surface area contributed by atoms with Gasteiger partial charge in [0.05, 0.1) is 19.1 Å². The summed E-state index contributed by atoms with van der Waals surface area (Å²) in [6.45, 7) is 8.71. The second-order valence-electron chi connectivity index (χ2n) is 9.14. The number of carbonyl (C=O) groups is 1. The van der Waals surface area contributed by atoms with Gasteiger partial charge >= 0.3 is 0 Å². The van der Waals surface area contributed by atoms with Gasteiger partial charge in [-0.05, 0) is 74.9 Å². The number of ether oxygens (including phenoxy) is 2. The molecule has 0 aliphatic carbocycles. The normalized spacial score (nSPS) is 15.3. The van der Waals surface area contributed by atoms with Crippen LogP contribution >= 0.6 is 0 Å². The van der Waals surface area contributed by atoms with Gasteiger partial charge in [-0.15, -0.1) is 0 Å². The third kappa shape index (κ3) is 5.08. The van der Waals surface area contributed by atoms with Crippen LogP contribution in [0.25, 0.3) is 0 Å². The van der Waals surface area contributed by atoms with E-state index in [0.717, 1.165) is 27.8 Å². The van der Waals surface area contributed by atoms with Gasteiger partial charge in [0.2, 0.25) is 15.9 Å². The lowest BCUT2D eigenvalue weighted by molar-refractivity contribution is -0.135. The Morgan fingerprint density at radius 1 is 1.00 bits per heavy atom. The van der Waals surface area contributed by atoms with Crippen LogP contribution in [0.2, 0.25) is 0 Å². The summed E-state index contributed by atoms with van der Waals surface area (Å²) < 4.78 is 39.3. The number of methoxy groups -OCH3 is 2. The lowest BCUT2D eigenvalue weighted by Crippen LogP contribution is -2.43. The van der Waals surface area contributed by atoms with Gasteiger partial charge in [0.25, 0.3) is 0 Å². The zero-order valence-corrected chi connectivity index (χ0v) is 22.1. The highest BCUT2D eigenvalue weighted by molar-refractivity contribution is 7.89. The molecule has 0 bridgehead atoms. The fourth-order valence-corrected chi connectivity index (χ4v) is 6.71. The van der Waals surface area contributed by atoms with Gasteiger partial charge in [-0.2, -0.15) is 4.31 Å². The topological polar surface area (TPSA) is 76.2 Å². The van der Waals surface area contributed by atoms with Crippen LogP contribution in [0.1, 0.15) is 40.7 Å². The van der Waals surface area contributed by atoms with Crippen molar-refractivity contribution in [1.29, 1.82) is 0 Å². The zero-order valence-electron chi connectivity index (χ0n) is 21.3. The third-order valence-electron chi connectivity index (χ3n) is 6.98. The number of hydrogen-bond acceptors (Lipinski definition) is 5. The smallest absolute Gasteiger partial charge is 0.243 e. The van der Waals surface area contributed by atoms with Gasteiger partial charge in [-0.25, -0.2) is 8.42 Å². The van der Waals surface area contributed by atoms with Crippen LogP contribution in [0.3, 0.4) is 0 Å². The minimum absolute atomic E-state index is 0.0219. The maximum absolute atomic E-state index is 13.5. The van der Waals surface area contributed by atoms with E-state index in [4.69, 9.17) is 9.47 Å². The predicted molar refractivity (Wildman–Crippen MR) is 133 cm³/mol. The van der Waals surface area contributed by atoms with Crippen molar-refractivity contribution < 1.29 is 22.7 Å². The fraction of sp³-hybridized carbons (Fsp3) is 0.500. The number of rotatable bonds is 7. The average molecular weight is 489 g/mol. The quantitative estimate of drug-likeness (QED) is 0.589. The van der Waals surface area contributed by atoms with Crippen molar-refractivity contribution in [1.82, 2.24) is 9.21 Å². The van der Waals surface area contributed by atoms with Gasteiger partial charge < -0.3 is 14.4 Å². The van der Waals surface area contributed by atoms with Gasteiger partial charge in [-0.3, -0.25) is 4.79 Å². The Balaban J connectivity index is 1.70. The molecular formula is C26H36N2O5S. The van der Waals surface area contributed by atoms with Crippen LogP contribution in [0.5, 0.6) is 11.5 Å². The first-order valence-corrected chi connectivity index (χ1v) is 13.0. The molecule has 1 heterocycles. The van der Waals surface area contributed by atoms with Crippen molar-refractivity contribution in [2.45, 2.75) is 52.0 Å². The molecule has 1 amide bonds. The molecule has 0 spiro atoms. The van der Waals surface area contributed by atoms with E-state index < -0.39 is 10.0 Å². The van der Waals surface area contributed by atoms with E-state index in [0.29, 0.717) is 48.9 Å². The molecule has 1 fully saturated rings. The summed E-state index contributed by atoms with van der Waals surface area (Å²) in [5, 5.41) is 0. The van der Waals surface area contributed by atoms with Crippen LogP contribution < -0.4 is 9.47 Å². The third-order valence-corrected chi connectivity index (χ3v) is 9.15. The van der Waals surface area contributed by atoms with Crippen LogP contribution in [0, 0.1) is 33.6 Å². The van der Waals surface area contributed by atoms with Crippen LogP contribution in [-0.4, -0.2) is 57.9 Å². The lowest BCUT2D eigenvalue weighted by Gasteiger charge is -2.33. The highest BCUT2D eigenvalue weighted by atomic mass is 32.2. The van der Waals surface area contributed by atoms with E-state index in [9.17, 15) is 13.2 Å². The Labute approximate surface area is 203 Å². The second kappa shape index (κ2) is 10.4. The second-order valence-corrected chi connectivity index (χ2v) is 11.0. The molecular weight excluding hydrogens is 452 g/mol. The Bertz CT molecular complexity index is 1140. The minimum Gasteiger partial charge on any atom is -0.497 e. The number of aryl methyl sites for hydroxylation is 2. The summed E-state index contributed by atoms with van der Waals surface area (Å²) in [4.78, 5) is 15.2. The van der Waals surface area contributed by atoms with Crippen molar-refractivity contribution in [2.24, 2.45) is 5.92 Å². The largest absolute Gasteiger partial charge is 0.497 e. The highest BCUT2D eigenvalue weighted by Crippen LogP contribution is 2.32. The molecule has 0 saturated carbocycles. The highest BCUT2D eigenvalue weighted by Gasteiger charge is 2.35. The Morgan fingerprint density at radius 3 is 2.12 bits per heavy atom. The number of carbonyl (C=O) groups excluding carboxylic acids is 1. The molecule has 0 aromatic heterocycles. The molecule has 3 rings (SSSR count). The summed E-state index contributed by atoms with van der Waals surface area (Å²) in [6.07, 6.45) is 1.01. The minimum atomic E-state index is -3.62. The van der Waals surface area contributed by atoms with Crippen molar-refractivity contribution in [3.63, 3.8) is 0 Å². The van der Waals surface area contributed by atoms with Crippen LogP contribution in [0.15, 0.2) is 29.2 Å². The lowest BCUT2D eigenvalue weighted by atomic mass is 9.96. The van der Waals surface area contributed by atoms with E-state index in [1.165, 1.54) is 4.31 Å². The van der Waals surface area contributed by atoms with Gasteiger partial charge in [0, 0.05) is 44.2 Å². The first-order valence-electron chi connectivity index (χ1n) is 11.5. The SMILES string of the molecule is COc1ccc(CN(C)C(=O)C2CCN(S(=O)(=O)c3c(C)c(C)cc(C)c3C)CC2)c(OC)c1. The van der Waals surface area contributed by atoms with Crippen molar-refractivity contribution >= 4 is 15.9 Å². The number of sulfonamides is 1. The monoisotopic (exact) mass is 488 g/mol. The Kier molecular flexibility index (Phi) is 7.93. The molecule has 0 unspecified atom stereocenters. The van der Waals surface area contributed by atoms with Crippen LogP contribution in [-0.2, 0) is 21.4 Å². The van der Waals surface area contributed by atoms with Crippen LogP contribution in [0.4, 0.5) is 0 Å². The maximum atomic E-state index is 13.5. The maximum Gasteiger partial charge on any atom is 0.243 e.